The maximum atomic E-state index is 11.6. The predicted molar refractivity (Wildman–Crippen MR) is 69.8 cm³/mol. The van der Waals surface area contributed by atoms with Gasteiger partial charge in [-0.25, -0.2) is 8.42 Å². The minimum absolute atomic E-state index is 0.226. The zero-order valence-corrected chi connectivity index (χ0v) is 11.4. The highest BCUT2D eigenvalue weighted by molar-refractivity contribution is 8.13. The second-order valence-electron chi connectivity index (χ2n) is 3.77. The van der Waals surface area contributed by atoms with E-state index in [1.54, 1.807) is 30.3 Å². The third-order valence-corrected chi connectivity index (χ3v) is 3.62. The lowest BCUT2D eigenvalue weighted by molar-refractivity contribution is 0.597. The smallest absolute Gasteiger partial charge is 0.263 e. The molecule has 0 saturated heterocycles. The first-order valence-corrected chi connectivity index (χ1v) is 7.70. The third-order valence-electron chi connectivity index (χ3n) is 2.51. The van der Waals surface area contributed by atoms with E-state index in [9.17, 15) is 8.42 Å². The van der Waals surface area contributed by atoms with Crippen molar-refractivity contribution < 1.29 is 8.42 Å². The average molecular weight is 311 g/mol. The highest BCUT2D eigenvalue weighted by Gasteiger charge is 2.25. The predicted octanol–water partition coefficient (Wildman–Crippen LogP) is 0.980. The van der Waals surface area contributed by atoms with E-state index in [0.717, 1.165) is 0 Å². The van der Waals surface area contributed by atoms with E-state index in [0.29, 0.717) is 11.4 Å². The summed E-state index contributed by atoms with van der Waals surface area (Å²) in [6.45, 7) is 0. The molecule has 0 aliphatic rings. The van der Waals surface area contributed by atoms with Gasteiger partial charge < -0.3 is 0 Å². The number of halogens is 1. The van der Waals surface area contributed by atoms with Gasteiger partial charge in [0.05, 0.1) is 11.9 Å². The fourth-order valence-electron chi connectivity index (χ4n) is 1.71. The Bertz CT molecular complexity index is 828. The summed E-state index contributed by atoms with van der Waals surface area (Å²) in [7, 11) is 1.34. The SMILES string of the molecule is O=S(=O)(Cl)c1nnc(-c2cn[nH]n2)n1-c1ccccc1. The Hall–Kier alpha value is -2.26. The molecule has 10 heteroatoms. The van der Waals surface area contributed by atoms with Crippen LogP contribution in [0.3, 0.4) is 0 Å². The molecule has 1 aromatic carbocycles. The Morgan fingerprint density at radius 2 is 1.90 bits per heavy atom. The first-order chi connectivity index (χ1) is 9.57. The molecule has 2 heterocycles. The molecule has 0 spiro atoms. The molecule has 0 aliphatic carbocycles. The zero-order chi connectivity index (χ0) is 14.2. The molecule has 0 radical (unpaired) electrons. The summed E-state index contributed by atoms with van der Waals surface area (Å²) in [6.07, 6.45) is 1.41. The molecule has 102 valence electrons. The molecule has 0 aliphatic heterocycles. The standard InChI is InChI=1S/C10H7ClN6O2S/c11-20(18,19)10-15-14-9(8-6-12-16-13-8)17(10)7-4-2-1-3-5-7/h1-6H,(H,12,13,16). The highest BCUT2D eigenvalue weighted by atomic mass is 35.7. The van der Waals surface area contributed by atoms with Crippen LogP contribution < -0.4 is 0 Å². The van der Waals surface area contributed by atoms with Gasteiger partial charge in [-0.05, 0) is 12.1 Å². The maximum Gasteiger partial charge on any atom is 0.297 e. The highest BCUT2D eigenvalue weighted by Crippen LogP contribution is 2.24. The van der Waals surface area contributed by atoms with Gasteiger partial charge in [0.25, 0.3) is 14.2 Å². The molecule has 3 rings (SSSR count). The van der Waals surface area contributed by atoms with Crippen molar-refractivity contribution in [2.45, 2.75) is 5.16 Å². The molecule has 0 amide bonds. The summed E-state index contributed by atoms with van der Waals surface area (Å²) >= 11 is 0. The van der Waals surface area contributed by atoms with Gasteiger partial charge >= 0.3 is 0 Å². The van der Waals surface area contributed by atoms with Gasteiger partial charge in [0.1, 0.15) is 0 Å². The van der Waals surface area contributed by atoms with Crippen molar-refractivity contribution >= 4 is 19.7 Å². The van der Waals surface area contributed by atoms with E-state index < -0.39 is 9.05 Å². The van der Waals surface area contributed by atoms with E-state index in [1.807, 2.05) is 0 Å². The number of hydrogen-bond acceptors (Lipinski definition) is 6. The average Bonchev–Trinajstić information content (AvgIpc) is 3.07. The first-order valence-electron chi connectivity index (χ1n) is 5.39. The molecular formula is C10H7ClN6O2S. The summed E-state index contributed by atoms with van der Waals surface area (Å²) in [5, 5.41) is 17.1. The van der Waals surface area contributed by atoms with Crippen molar-refractivity contribution in [3.05, 3.63) is 36.5 Å². The maximum absolute atomic E-state index is 11.6. The number of hydrogen-bond donors (Lipinski definition) is 1. The van der Waals surface area contributed by atoms with Crippen LogP contribution in [0.25, 0.3) is 17.2 Å². The molecule has 0 bridgehead atoms. The quantitative estimate of drug-likeness (QED) is 0.723. The third kappa shape index (κ3) is 2.17. The van der Waals surface area contributed by atoms with Crippen molar-refractivity contribution in [3.63, 3.8) is 0 Å². The Labute approximate surface area is 117 Å². The number of aromatic nitrogens is 6. The Morgan fingerprint density at radius 3 is 2.50 bits per heavy atom. The van der Waals surface area contributed by atoms with Gasteiger partial charge in [-0.2, -0.15) is 15.4 Å². The first kappa shape index (κ1) is 12.8. The van der Waals surface area contributed by atoms with E-state index in [2.05, 4.69) is 25.6 Å². The lowest BCUT2D eigenvalue weighted by atomic mass is 10.3. The molecule has 2 aromatic heterocycles. The van der Waals surface area contributed by atoms with Crippen molar-refractivity contribution in [2.75, 3.05) is 0 Å². The van der Waals surface area contributed by atoms with Crippen LogP contribution in [0.2, 0.25) is 0 Å². The molecule has 0 fully saturated rings. The van der Waals surface area contributed by atoms with E-state index in [1.165, 1.54) is 10.8 Å². The molecular weight excluding hydrogens is 304 g/mol. The van der Waals surface area contributed by atoms with Gasteiger partial charge in [-0.3, -0.25) is 4.57 Å². The Morgan fingerprint density at radius 1 is 1.15 bits per heavy atom. The summed E-state index contributed by atoms with van der Waals surface area (Å²) in [6, 6.07) is 8.73. The molecule has 20 heavy (non-hydrogen) atoms. The van der Waals surface area contributed by atoms with Crippen molar-refractivity contribution in [1.29, 1.82) is 0 Å². The zero-order valence-electron chi connectivity index (χ0n) is 9.80. The van der Waals surface area contributed by atoms with Crippen LogP contribution in [0.15, 0.2) is 41.7 Å². The van der Waals surface area contributed by atoms with Crippen LogP contribution >= 0.6 is 10.7 Å². The van der Waals surface area contributed by atoms with Gasteiger partial charge in [0.2, 0.25) is 0 Å². The van der Waals surface area contributed by atoms with Crippen molar-refractivity contribution in [3.8, 4) is 17.2 Å². The molecule has 1 N–H and O–H groups in total. The number of nitrogens with one attached hydrogen (secondary N) is 1. The molecule has 3 aromatic rings. The normalized spacial score (nSPS) is 11.7. The summed E-state index contributed by atoms with van der Waals surface area (Å²) in [5.41, 5.74) is 0.905. The molecule has 0 atom stereocenters. The number of rotatable bonds is 3. The van der Waals surface area contributed by atoms with E-state index in [4.69, 9.17) is 10.7 Å². The van der Waals surface area contributed by atoms with E-state index >= 15 is 0 Å². The van der Waals surface area contributed by atoms with Crippen molar-refractivity contribution in [1.82, 2.24) is 30.2 Å². The van der Waals surface area contributed by atoms with Crippen LogP contribution in [0.1, 0.15) is 0 Å². The van der Waals surface area contributed by atoms with Crippen LogP contribution in [-0.4, -0.2) is 38.6 Å². The van der Waals surface area contributed by atoms with Gasteiger partial charge in [-0.1, -0.05) is 18.2 Å². The Kier molecular flexibility index (Phi) is 2.99. The summed E-state index contributed by atoms with van der Waals surface area (Å²) in [4.78, 5) is 0. The molecule has 0 unspecified atom stereocenters. The lowest BCUT2D eigenvalue weighted by Crippen LogP contribution is -2.05. The summed E-state index contributed by atoms with van der Waals surface area (Å²) in [5.74, 6) is 0.226. The van der Waals surface area contributed by atoms with Gasteiger partial charge in [-0.15, -0.1) is 10.2 Å². The van der Waals surface area contributed by atoms with Gasteiger partial charge in [0, 0.05) is 10.7 Å². The van der Waals surface area contributed by atoms with Crippen LogP contribution in [0, 0.1) is 0 Å². The second-order valence-corrected chi connectivity index (χ2v) is 6.23. The fourth-order valence-corrected chi connectivity index (χ4v) is 2.56. The Balaban J connectivity index is 2.31. The van der Waals surface area contributed by atoms with Crippen LogP contribution in [0.5, 0.6) is 0 Å². The summed E-state index contributed by atoms with van der Waals surface area (Å²) < 4.78 is 24.5. The van der Waals surface area contributed by atoms with Gasteiger partial charge in [0.15, 0.2) is 11.5 Å². The van der Waals surface area contributed by atoms with Crippen LogP contribution in [0.4, 0.5) is 0 Å². The topological polar surface area (TPSA) is 106 Å². The fraction of sp³-hybridized carbons (Fsp3) is 0. The lowest BCUT2D eigenvalue weighted by Gasteiger charge is -2.06. The van der Waals surface area contributed by atoms with E-state index in [-0.39, 0.29) is 11.0 Å². The minimum Gasteiger partial charge on any atom is -0.263 e. The minimum atomic E-state index is -4.05. The largest absolute Gasteiger partial charge is 0.297 e. The second kappa shape index (κ2) is 4.69. The number of benzene rings is 1. The number of aromatic amines is 1. The monoisotopic (exact) mass is 310 g/mol. The molecule has 0 saturated carbocycles. The van der Waals surface area contributed by atoms with Crippen molar-refractivity contribution in [2.24, 2.45) is 0 Å². The number of H-pyrrole nitrogens is 1. The van der Waals surface area contributed by atoms with Crippen LogP contribution in [-0.2, 0) is 9.05 Å². The number of nitrogens with zero attached hydrogens (tertiary/aromatic N) is 5. The molecule has 8 nitrogen and oxygen atoms in total. The number of para-hydroxylation sites is 1.